The van der Waals surface area contributed by atoms with Gasteiger partial charge in [-0.25, -0.2) is 18.7 Å². The first-order valence-electron chi connectivity index (χ1n) is 10.8. The maximum Gasteiger partial charge on any atom is 0.166 e. The number of halogens is 1. The van der Waals surface area contributed by atoms with Crippen molar-refractivity contribution in [1.82, 2.24) is 24.5 Å². The van der Waals surface area contributed by atoms with Crippen LogP contribution in [0.25, 0.3) is 44.6 Å². The summed E-state index contributed by atoms with van der Waals surface area (Å²) in [6.45, 7) is 3.88. The Morgan fingerprint density at radius 2 is 1.06 bits per heavy atom. The molecule has 0 spiro atoms. The van der Waals surface area contributed by atoms with Crippen molar-refractivity contribution in [2.75, 3.05) is 0 Å². The van der Waals surface area contributed by atoms with E-state index >= 15 is 4.39 Å². The van der Waals surface area contributed by atoms with Gasteiger partial charge in [0.05, 0.1) is 33.5 Å². The van der Waals surface area contributed by atoms with Gasteiger partial charge in [-0.1, -0.05) is 54.6 Å². The summed E-state index contributed by atoms with van der Waals surface area (Å²) in [6.07, 6.45) is 0. The van der Waals surface area contributed by atoms with Crippen molar-refractivity contribution in [3.8, 4) is 22.5 Å². The van der Waals surface area contributed by atoms with Crippen LogP contribution >= 0.6 is 0 Å². The Labute approximate surface area is 189 Å². The summed E-state index contributed by atoms with van der Waals surface area (Å²) in [6, 6.07) is 26.6. The molecule has 0 atom stereocenters. The molecular formula is C27H20FN5. The highest BCUT2D eigenvalue weighted by Crippen LogP contribution is 2.40. The number of benzene rings is 3. The smallest absolute Gasteiger partial charge is 0.166 e. The van der Waals surface area contributed by atoms with Crippen molar-refractivity contribution < 1.29 is 4.39 Å². The molecule has 0 fully saturated rings. The topological polar surface area (TPSA) is 48.5 Å². The van der Waals surface area contributed by atoms with Crippen molar-refractivity contribution >= 4 is 22.1 Å². The van der Waals surface area contributed by atoms with E-state index in [0.29, 0.717) is 16.9 Å². The molecule has 160 valence electrons. The Bertz CT molecular complexity index is 1530. The van der Waals surface area contributed by atoms with Crippen LogP contribution in [0.3, 0.4) is 0 Å². The number of nitrogens with zero attached hydrogens (tertiary/aromatic N) is 5. The summed E-state index contributed by atoms with van der Waals surface area (Å²) in [5.74, 6) is -0.287. The first-order valence-corrected chi connectivity index (χ1v) is 10.8. The van der Waals surface area contributed by atoms with Crippen LogP contribution in [0.2, 0.25) is 0 Å². The Kier molecular flexibility index (Phi) is 4.33. The van der Waals surface area contributed by atoms with Crippen LogP contribution in [0.1, 0.15) is 11.4 Å². The van der Waals surface area contributed by atoms with Crippen molar-refractivity contribution in [2.24, 2.45) is 0 Å². The maximum atomic E-state index is 15.2. The second-order valence-electron chi connectivity index (χ2n) is 8.03. The summed E-state index contributed by atoms with van der Waals surface area (Å²) in [7, 11) is 0. The predicted octanol–water partition coefficient (Wildman–Crippen LogP) is 6.18. The second kappa shape index (κ2) is 7.38. The van der Waals surface area contributed by atoms with Gasteiger partial charge in [0.25, 0.3) is 0 Å². The van der Waals surface area contributed by atoms with E-state index in [1.165, 1.54) is 6.07 Å². The molecule has 3 heterocycles. The van der Waals surface area contributed by atoms with Crippen LogP contribution in [0.15, 0.2) is 84.9 Å². The Balaban J connectivity index is 1.82. The highest BCUT2D eigenvalue weighted by molar-refractivity contribution is 6.10. The third kappa shape index (κ3) is 2.95. The van der Waals surface area contributed by atoms with Gasteiger partial charge >= 0.3 is 0 Å². The zero-order valence-corrected chi connectivity index (χ0v) is 18.2. The summed E-state index contributed by atoms with van der Waals surface area (Å²) in [5, 5.41) is 11.3. The average Bonchev–Trinajstić information content (AvgIpc) is 3.36. The molecule has 3 aromatic carbocycles. The van der Waals surface area contributed by atoms with Crippen LogP contribution in [0.4, 0.5) is 4.39 Å². The molecule has 0 aliphatic rings. The molecule has 3 aromatic heterocycles. The number of hydrogen-bond acceptors (Lipinski definition) is 3. The lowest BCUT2D eigenvalue weighted by molar-refractivity contribution is 0.631. The fourth-order valence-corrected chi connectivity index (χ4v) is 4.48. The molecule has 0 unspecified atom stereocenters. The Hall–Kier alpha value is -4.32. The normalized spacial score (nSPS) is 11.5. The number of aromatic nitrogens is 5. The zero-order valence-electron chi connectivity index (χ0n) is 18.2. The highest BCUT2D eigenvalue weighted by atomic mass is 19.1. The minimum Gasteiger partial charge on any atom is -0.214 e. The summed E-state index contributed by atoms with van der Waals surface area (Å²) in [4.78, 5) is 5.07. The second-order valence-corrected chi connectivity index (χ2v) is 8.03. The fraction of sp³-hybridized carbons (Fsp3) is 0.0741. The maximum absolute atomic E-state index is 15.2. The predicted molar refractivity (Wildman–Crippen MR) is 128 cm³/mol. The van der Waals surface area contributed by atoms with Crippen LogP contribution in [0.5, 0.6) is 0 Å². The first-order chi connectivity index (χ1) is 16.1. The molecule has 0 saturated heterocycles. The summed E-state index contributed by atoms with van der Waals surface area (Å²) >= 11 is 0. The van der Waals surface area contributed by atoms with Gasteiger partial charge in [0, 0.05) is 11.1 Å². The minimum atomic E-state index is -0.287. The van der Waals surface area contributed by atoms with Crippen molar-refractivity contribution in [3.63, 3.8) is 0 Å². The van der Waals surface area contributed by atoms with Gasteiger partial charge in [-0.2, -0.15) is 10.2 Å². The summed E-state index contributed by atoms with van der Waals surface area (Å²) < 4.78 is 18.8. The van der Waals surface area contributed by atoms with Crippen molar-refractivity contribution in [3.05, 3.63) is 102 Å². The quantitative estimate of drug-likeness (QED) is 0.335. The molecule has 0 radical (unpaired) electrons. The molecule has 0 aliphatic heterocycles. The van der Waals surface area contributed by atoms with E-state index in [0.717, 1.165) is 39.1 Å². The Morgan fingerprint density at radius 1 is 0.606 bits per heavy atom. The molecule has 6 heteroatoms. The SMILES string of the molecule is Cc1nn(-c2ccccc2)c2nc3c(c(C)nn3-c3ccccc3)c(-c3ccccc3F)c12. The third-order valence-electron chi connectivity index (χ3n) is 5.93. The molecule has 5 nitrogen and oxygen atoms in total. The standard InChI is InChI=1S/C27H20FN5/c1-17-23-25(21-15-9-10-16-22(21)28)24-18(2)31-33(20-13-7-4-8-14-20)27(24)29-26(23)32(30-17)19-11-5-3-6-12-19/h3-16H,1-2H3. The monoisotopic (exact) mass is 433 g/mol. The van der Waals surface area contributed by atoms with Gasteiger partial charge in [0.2, 0.25) is 0 Å². The first kappa shape index (κ1) is 19.4. The highest BCUT2D eigenvalue weighted by Gasteiger charge is 2.25. The van der Waals surface area contributed by atoms with Crippen LogP contribution in [0, 0.1) is 19.7 Å². The molecular weight excluding hydrogens is 413 g/mol. The van der Waals surface area contributed by atoms with E-state index < -0.39 is 0 Å². The van der Waals surface area contributed by atoms with Gasteiger partial charge in [-0.05, 0) is 44.2 Å². The minimum absolute atomic E-state index is 0.287. The van der Waals surface area contributed by atoms with E-state index in [4.69, 9.17) is 15.2 Å². The Morgan fingerprint density at radius 3 is 1.55 bits per heavy atom. The molecule has 0 aliphatic carbocycles. The lowest BCUT2D eigenvalue weighted by Crippen LogP contribution is -2.01. The molecule has 0 N–H and O–H groups in total. The van der Waals surface area contributed by atoms with Gasteiger partial charge in [0.1, 0.15) is 5.82 Å². The largest absolute Gasteiger partial charge is 0.214 e. The van der Waals surface area contributed by atoms with Gasteiger partial charge in [-0.3, -0.25) is 0 Å². The lowest BCUT2D eigenvalue weighted by atomic mass is 9.97. The molecule has 6 rings (SSSR count). The fourth-order valence-electron chi connectivity index (χ4n) is 4.48. The molecule has 0 amide bonds. The number of para-hydroxylation sites is 2. The molecule has 33 heavy (non-hydrogen) atoms. The molecule has 6 aromatic rings. The van der Waals surface area contributed by atoms with Crippen molar-refractivity contribution in [1.29, 1.82) is 0 Å². The van der Waals surface area contributed by atoms with Gasteiger partial charge in [-0.15, -0.1) is 0 Å². The number of pyridine rings is 1. The van der Waals surface area contributed by atoms with E-state index in [-0.39, 0.29) is 5.82 Å². The van der Waals surface area contributed by atoms with Crippen molar-refractivity contribution in [2.45, 2.75) is 13.8 Å². The van der Waals surface area contributed by atoms with E-state index in [2.05, 4.69) is 0 Å². The van der Waals surface area contributed by atoms with Crippen LogP contribution in [-0.2, 0) is 0 Å². The molecule has 0 bridgehead atoms. The summed E-state index contributed by atoms with van der Waals surface area (Å²) in [5.41, 5.74) is 5.98. The van der Waals surface area contributed by atoms with E-state index in [1.54, 1.807) is 6.07 Å². The third-order valence-corrected chi connectivity index (χ3v) is 5.93. The number of rotatable bonds is 3. The molecule has 0 saturated carbocycles. The van der Waals surface area contributed by atoms with Crippen LogP contribution in [-0.4, -0.2) is 24.5 Å². The van der Waals surface area contributed by atoms with Gasteiger partial charge < -0.3 is 0 Å². The van der Waals surface area contributed by atoms with E-state index in [9.17, 15) is 0 Å². The average molecular weight is 433 g/mol. The number of aryl methyl sites for hydroxylation is 2. The van der Waals surface area contributed by atoms with Gasteiger partial charge in [0.15, 0.2) is 11.3 Å². The number of hydrogen-bond donors (Lipinski definition) is 0. The van der Waals surface area contributed by atoms with Crippen LogP contribution < -0.4 is 0 Å². The van der Waals surface area contributed by atoms with E-state index in [1.807, 2.05) is 96.0 Å². The lowest BCUT2D eigenvalue weighted by Gasteiger charge is -2.10. The zero-order chi connectivity index (χ0) is 22.5. The number of fused-ring (bicyclic) bond motifs is 2.